The second kappa shape index (κ2) is 14.6. The van der Waals surface area contributed by atoms with Crippen LogP contribution in [0.1, 0.15) is 23.1 Å². The molecular formula is C34H29ClF2N4O3. The molecule has 5 aromatic rings. The largest absolute Gasteiger partial charge is 0.489 e. The van der Waals surface area contributed by atoms with Crippen LogP contribution in [0.2, 0.25) is 0 Å². The first-order valence-corrected chi connectivity index (χ1v) is 14.5. The molecule has 7 nitrogen and oxygen atoms in total. The molecule has 0 radical (unpaired) electrons. The summed E-state index contributed by atoms with van der Waals surface area (Å²) >= 11 is 5.71. The zero-order chi connectivity index (χ0) is 30.9. The molecule has 0 saturated heterocycles. The van der Waals surface area contributed by atoms with Crippen LogP contribution in [0, 0.1) is 21.7 Å². The van der Waals surface area contributed by atoms with E-state index < -0.39 is 0 Å². The summed E-state index contributed by atoms with van der Waals surface area (Å²) in [4.78, 5) is 18.9. The summed E-state index contributed by atoms with van der Waals surface area (Å²) in [5.74, 6) is 0.652. The molecule has 3 heterocycles. The molecule has 0 fully saturated rings. The SMILES string of the molecule is Fc1ccc(-c2cncc(CCl)c2)cc1.O=[N+]([O-])c1ccc2c(c1)CCC(CNCc1cncc(-c3ccc(F)cc3)c1)O2. The van der Waals surface area contributed by atoms with E-state index in [4.69, 9.17) is 16.3 Å². The molecule has 0 bridgehead atoms. The summed E-state index contributed by atoms with van der Waals surface area (Å²) in [5.41, 5.74) is 6.71. The van der Waals surface area contributed by atoms with Gasteiger partial charge in [-0.15, -0.1) is 11.6 Å². The van der Waals surface area contributed by atoms with E-state index in [1.807, 2.05) is 12.1 Å². The number of rotatable bonds is 8. The van der Waals surface area contributed by atoms with Gasteiger partial charge in [-0.1, -0.05) is 24.3 Å². The van der Waals surface area contributed by atoms with Crippen molar-refractivity contribution in [3.63, 3.8) is 0 Å². The lowest BCUT2D eigenvalue weighted by Crippen LogP contribution is -2.34. The number of hydrogen-bond donors (Lipinski definition) is 1. The average molecular weight is 615 g/mol. The Bertz CT molecular complexity index is 1720. The van der Waals surface area contributed by atoms with Gasteiger partial charge in [0.05, 0.1) is 4.92 Å². The van der Waals surface area contributed by atoms with Crippen molar-refractivity contribution >= 4 is 17.3 Å². The summed E-state index contributed by atoms with van der Waals surface area (Å²) in [6, 6.07) is 21.4. The van der Waals surface area contributed by atoms with Crippen LogP contribution >= 0.6 is 11.6 Å². The number of ether oxygens (including phenoxy) is 1. The molecule has 2 aromatic heterocycles. The van der Waals surface area contributed by atoms with E-state index in [0.29, 0.717) is 24.7 Å². The summed E-state index contributed by atoms with van der Waals surface area (Å²) in [5, 5.41) is 14.3. The van der Waals surface area contributed by atoms with Gasteiger partial charge in [0.25, 0.3) is 5.69 Å². The van der Waals surface area contributed by atoms with Gasteiger partial charge in [0.1, 0.15) is 23.5 Å². The van der Waals surface area contributed by atoms with Gasteiger partial charge in [0, 0.05) is 72.6 Å². The quantitative estimate of drug-likeness (QED) is 0.109. The van der Waals surface area contributed by atoms with Crippen molar-refractivity contribution < 1.29 is 18.4 Å². The first-order chi connectivity index (χ1) is 21.4. The molecule has 0 amide bonds. The highest BCUT2D eigenvalue weighted by Gasteiger charge is 2.21. The summed E-state index contributed by atoms with van der Waals surface area (Å²) in [7, 11) is 0. The van der Waals surface area contributed by atoms with Gasteiger partial charge in [-0.05, 0) is 77.6 Å². The lowest BCUT2D eigenvalue weighted by molar-refractivity contribution is -0.385. The van der Waals surface area contributed by atoms with Crippen molar-refractivity contribution in [3.8, 4) is 28.0 Å². The Balaban J connectivity index is 0.000000215. The van der Waals surface area contributed by atoms with Crippen LogP contribution in [0.3, 0.4) is 0 Å². The first kappa shape index (κ1) is 30.7. The Hall–Kier alpha value is -4.73. The van der Waals surface area contributed by atoms with E-state index in [-0.39, 0.29) is 28.3 Å². The number of alkyl halides is 1. The number of nitrogens with zero attached hydrogens (tertiary/aromatic N) is 3. The minimum absolute atomic E-state index is 0.0113. The van der Waals surface area contributed by atoms with Crippen molar-refractivity contribution in [1.29, 1.82) is 0 Å². The number of non-ortho nitro benzene ring substituents is 1. The third-order valence-corrected chi connectivity index (χ3v) is 7.39. The number of halogens is 3. The van der Waals surface area contributed by atoms with E-state index in [2.05, 4.69) is 15.3 Å². The van der Waals surface area contributed by atoms with Crippen LogP contribution in [-0.4, -0.2) is 27.5 Å². The molecule has 3 aromatic carbocycles. The predicted molar refractivity (Wildman–Crippen MR) is 166 cm³/mol. The van der Waals surface area contributed by atoms with Crippen molar-refractivity contribution in [1.82, 2.24) is 15.3 Å². The van der Waals surface area contributed by atoms with Crippen LogP contribution in [0.5, 0.6) is 5.75 Å². The molecule has 1 aliphatic rings. The van der Waals surface area contributed by atoms with Gasteiger partial charge in [-0.2, -0.15) is 0 Å². The highest BCUT2D eigenvalue weighted by atomic mass is 35.5. The van der Waals surface area contributed by atoms with Crippen LogP contribution in [0.25, 0.3) is 22.3 Å². The molecule has 0 aliphatic carbocycles. The molecule has 0 spiro atoms. The fourth-order valence-corrected chi connectivity index (χ4v) is 4.96. The molecule has 224 valence electrons. The maximum absolute atomic E-state index is 13.1. The molecule has 10 heteroatoms. The van der Waals surface area contributed by atoms with Gasteiger partial charge in [0.2, 0.25) is 0 Å². The number of fused-ring (bicyclic) bond motifs is 1. The van der Waals surface area contributed by atoms with Gasteiger partial charge in [-0.25, -0.2) is 8.78 Å². The summed E-state index contributed by atoms with van der Waals surface area (Å²) in [6.45, 7) is 1.30. The fraction of sp³-hybridized carbons (Fsp3) is 0.176. The number of pyridine rings is 2. The van der Waals surface area contributed by atoms with Crippen LogP contribution in [0.15, 0.2) is 104 Å². The van der Waals surface area contributed by atoms with Crippen LogP contribution in [-0.2, 0) is 18.8 Å². The minimum Gasteiger partial charge on any atom is -0.489 e. The normalized spacial score (nSPS) is 13.7. The van der Waals surface area contributed by atoms with E-state index in [9.17, 15) is 18.9 Å². The van der Waals surface area contributed by atoms with Crippen molar-refractivity contribution in [3.05, 3.63) is 142 Å². The van der Waals surface area contributed by atoms with E-state index >= 15 is 0 Å². The van der Waals surface area contributed by atoms with Crippen molar-refractivity contribution in [2.24, 2.45) is 0 Å². The highest BCUT2D eigenvalue weighted by molar-refractivity contribution is 6.17. The van der Waals surface area contributed by atoms with E-state index in [1.54, 1.807) is 61.2 Å². The molecule has 0 saturated carbocycles. The van der Waals surface area contributed by atoms with Gasteiger partial charge >= 0.3 is 0 Å². The first-order valence-electron chi connectivity index (χ1n) is 14.0. The van der Waals surface area contributed by atoms with E-state index in [1.165, 1.54) is 30.3 Å². The second-order valence-corrected chi connectivity index (χ2v) is 10.5. The van der Waals surface area contributed by atoms with Gasteiger partial charge in [-0.3, -0.25) is 20.1 Å². The number of nitrogens with one attached hydrogen (secondary N) is 1. The lowest BCUT2D eigenvalue weighted by Gasteiger charge is -2.26. The third kappa shape index (κ3) is 8.21. The molecular weight excluding hydrogens is 586 g/mol. The molecule has 1 atom stereocenters. The highest BCUT2D eigenvalue weighted by Crippen LogP contribution is 2.30. The van der Waals surface area contributed by atoms with Gasteiger partial charge < -0.3 is 10.1 Å². The number of hydrogen-bond acceptors (Lipinski definition) is 6. The number of nitro benzene ring substituents is 1. The topological polar surface area (TPSA) is 90.2 Å². The average Bonchev–Trinajstić information content (AvgIpc) is 3.05. The predicted octanol–water partition coefficient (Wildman–Crippen LogP) is 7.91. The minimum atomic E-state index is -0.387. The Morgan fingerprint density at radius 2 is 1.41 bits per heavy atom. The Labute approximate surface area is 258 Å². The summed E-state index contributed by atoms with van der Waals surface area (Å²) in [6.07, 6.45) is 8.59. The standard InChI is InChI=1S/C22H20FN3O3.C12H9ClFN/c23-19-4-1-16(2-5-19)18-9-15(11-24-13-18)12-25-14-21-7-3-17-10-20(26(27)28)6-8-22(17)29-21;13-6-9-5-11(8-15-7-9)10-1-3-12(14)4-2-10/h1-2,4-6,8-11,13,21,25H,3,7,12,14H2;1-5,7-8H,6H2. The fourth-order valence-electron chi connectivity index (χ4n) is 4.81. The zero-order valence-corrected chi connectivity index (χ0v) is 24.4. The Morgan fingerprint density at radius 1 is 0.818 bits per heavy atom. The number of aryl methyl sites for hydroxylation is 1. The Kier molecular flexibility index (Phi) is 10.2. The monoisotopic (exact) mass is 614 g/mol. The number of aromatic nitrogens is 2. The molecule has 6 rings (SSSR count). The lowest BCUT2D eigenvalue weighted by atomic mass is 10.0. The third-order valence-electron chi connectivity index (χ3n) is 7.08. The molecule has 1 aliphatic heterocycles. The maximum Gasteiger partial charge on any atom is 0.269 e. The van der Waals surface area contributed by atoms with Gasteiger partial charge in [0.15, 0.2) is 0 Å². The molecule has 44 heavy (non-hydrogen) atoms. The smallest absolute Gasteiger partial charge is 0.269 e. The second-order valence-electron chi connectivity index (χ2n) is 10.3. The zero-order valence-electron chi connectivity index (χ0n) is 23.6. The van der Waals surface area contributed by atoms with Crippen LogP contribution in [0.4, 0.5) is 14.5 Å². The Morgan fingerprint density at radius 3 is 2.00 bits per heavy atom. The maximum atomic E-state index is 13.1. The number of benzene rings is 3. The van der Waals surface area contributed by atoms with Crippen molar-refractivity contribution in [2.75, 3.05) is 6.54 Å². The van der Waals surface area contributed by atoms with Crippen molar-refractivity contribution in [2.45, 2.75) is 31.4 Å². The van der Waals surface area contributed by atoms with Crippen LogP contribution < -0.4 is 10.1 Å². The summed E-state index contributed by atoms with van der Waals surface area (Å²) < 4.78 is 31.8. The molecule has 1 unspecified atom stereocenters. The van der Waals surface area contributed by atoms with E-state index in [0.717, 1.165) is 51.8 Å². The molecule has 1 N–H and O–H groups in total. The number of nitro groups is 1.